The predicted octanol–water partition coefficient (Wildman–Crippen LogP) is 4.14. The van der Waals surface area contributed by atoms with Gasteiger partial charge in [0, 0.05) is 42.1 Å². The third kappa shape index (κ3) is 7.34. The van der Waals surface area contributed by atoms with Gasteiger partial charge in [-0.3, -0.25) is 14.4 Å². The SMILES string of the molecule is CCCCNC(=O)c1cccc(NC(=O)CNc2cccc(C(=O)N3CCC(C)CC3)c2)c1. The van der Waals surface area contributed by atoms with Crippen molar-refractivity contribution in [2.75, 3.05) is 36.8 Å². The Balaban J connectivity index is 1.52. The van der Waals surface area contributed by atoms with E-state index >= 15 is 0 Å². The first kappa shape index (κ1) is 24.3. The summed E-state index contributed by atoms with van der Waals surface area (Å²) in [5.41, 5.74) is 2.41. The molecule has 0 bridgehead atoms. The van der Waals surface area contributed by atoms with Crippen molar-refractivity contribution < 1.29 is 14.4 Å². The molecule has 0 atom stereocenters. The minimum atomic E-state index is -0.236. The molecule has 7 nitrogen and oxygen atoms in total. The van der Waals surface area contributed by atoms with E-state index in [9.17, 15) is 14.4 Å². The second-order valence-corrected chi connectivity index (χ2v) is 8.65. The molecule has 2 aromatic rings. The lowest BCUT2D eigenvalue weighted by Crippen LogP contribution is -2.37. The molecule has 176 valence electrons. The van der Waals surface area contributed by atoms with Crippen LogP contribution in [0.4, 0.5) is 11.4 Å². The van der Waals surface area contributed by atoms with Crippen molar-refractivity contribution in [3.63, 3.8) is 0 Å². The molecule has 1 aliphatic heterocycles. The number of anilines is 2. The molecule has 1 heterocycles. The number of hydrogen-bond acceptors (Lipinski definition) is 4. The van der Waals surface area contributed by atoms with Gasteiger partial charge in [-0.1, -0.05) is 32.4 Å². The van der Waals surface area contributed by atoms with Gasteiger partial charge in [0.25, 0.3) is 11.8 Å². The molecular formula is C26H34N4O3. The van der Waals surface area contributed by atoms with Gasteiger partial charge in [-0.05, 0) is 61.6 Å². The molecule has 0 unspecified atom stereocenters. The third-order valence-electron chi connectivity index (χ3n) is 5.86. The molecule has 3 amide bonds. The molecule has 1 fully saturated rings. The fourth-order valence-corrected chi connectivity index (χ4v) is 3.76. The molecule has 3 rings (SSSR count). The summed E-state index contributed by atoms with van der Waals surface area (Å²) < 4.78 is 0. The third-order valence-corrected chi connectivity index (χ3v) is 5.86. The first-order valence-electron chi connectivity index (χ1n) is 11.8. The summed E-state index contributed by atoms with van der Waals surface area (Å²) in [6, 6.07) is 14.1. The summed E-state index contributed by atoms with van der Waals surface area (Å²) in [7, 11) is 0. The molecule has 0 aliphatic carbocycles. The van der Waals surface area contributed by atoms with E-state index in [1.54, 1.807) is 30.3 Å². The maximum atomic E-state index is 12.8. The molecule has 0 saturated carbocycles. The Morgan fingerprint density at radius 1 is 0.970 bits per heavy atom. The van der Waals surface area contributed by atoms with Crippen molar-refractivity contribution >= 4 is 29.1 Å². The van der Waals surface area contributed by atoms with E-state index in [2.05, 4.69) is 29.8 Å². The Hall–Kier alpha value is -3.35. The van der Waals surface area contributed by atoms with Crippen LogP contribution in [-0.2, 0) is 4.79 Å². The van der Waals surface area contributed by atoms with Crippen molar-refractivity contribution in [3.05, 3.63) is 59.7 Å². The molecule has 0 spiro atoms. The van der Waals surface area contributed by atoms with E-state index in [0.29, 0.717) is 35.0 Å². The van der Waals surface area contributed by atoms with E-state index in [1.807, 2.05) is 23.1 Å². The fourth-order valence-electron chi connectivity index (χ4n) is 3.76. The van der Waals surface area contributed by atoms with Gasteiger partial charge in [0.2, 0.25) is 5.91 Å². The first-order valence-corrected chi connectivity index (χ1v) is 11.8. The van der Waals surface area contributed by atoms with E-state index in [1.165, 1.54) is 0 Å². The largest absolute Gasteiger partial charge is 0.376 e. The number of nitrogens with one attached hydrogen (secondary N) is 3. The predicted molar refractivity (Wildman–Crippen MR) is 132 cm³/mol. The van der Waals surface area contributed by atoms with Crippen LogP contribution in [0.15, 0.2) is 48.5 Å². The van der Waals surface area contributed by atoms with Crippen molar-refractivity contribution in [2.24, 2.45) is 5.92 Å². The number of amides is 3. The maximum absolute atomic E-state index is 12.8. The van der Waals surface area contributed by atoms with E-state index < -0.39 is 0 Å². The normalized spacial score (nSPS) is 13.9. The van der Waals surface area contributed by atoms with Gasteiger partial charge in [0.05, 0.1) is 6.54 Å². The van der Waals surface area contributed by atoms with Crippen LogP contribution >= 0.6 is 0 Å². The van der Waals surface area contributed by atoms with Crippen molar-refractivity contribution in [1.29, 1.82) is 0 Å². The highest BCUT2D eigenvalue weighted by molar-refractivity contribution is 5.98. The van der Waals surface area contributed by atoms with Crippen LogP contribution in [0.1, 0.15) is 60.2 Å². The summed E-state index contributed by atoms with van der Waals surface area (Å²) in [5.74, 6) is 0.309. The fraction of sp³-hybridized carbons (Fsp3) is 0.423. The van der Waals surface area contributed by atoms with Gasteiger partial charge < -0.3 is 20.9 Å². The minimum Gasteiger partial charge on any atom is -0.376 e. The van der Waals surface area contributed by atoms with E-state index in [-0.39, 0.29) is 24.3 Å². The van der Waals surface area contributed by atoms with Crippen molar-refractivity contribution in [1.82, 2.24) is 10.2 Å². The summed E-state index contributed by atoms with van der Waals surface area (Å²) in [5, 5.41) is 8.76. The average molecular weight is 451 g/mol. The molecule has 3 N–H and O–H groups in total. The van der Waals surface area contributed by atoms with Gasteiger partial charge in [-0.2, -0.15) is 0 Å². The molecule has 7 heteroatoms. The van der Waals surface area contributed by atoms with Crippen LogP contribution in [0.2, 0.25) is 0 Å². The lowest BCUT2D eigenvalue weighted by atomic mass is 9.98. The highest BCUT2D eigenvalue weighted by Gasteiger charge is 2.21. The molecule has 33 heavy (non-hydrogen) atoms. The first-order chi connectivity index (χ1) is 16.0. The second kappa shape index (κ2) is 12.0. The molecule has 1 saturated heterocycles. The zero-order valence-electron chi connectivity index (χ0n) is 19.5. The summed E-state index contributed by atoms with van der Waals surface area (Å²) in [6.45, 7) is 6.54. The Kier molecular flexibility index (Phi) is 8.87. The quantitative estimate of drug-likeness (QED) is 0.501. The van der Waals surface area contributed by atoms with Crippen LogP contribution in [-0.4, -0.2) is 48.8 Å². The van der Waals surface area contributed by atoms with Crippen LogP contribution in [0.5, 0.6) is 0 Å². The lowest BCUT2D eigenvalue weighted by molar-refractivity contribution is -0.114. The minimum absolute atomic E-state index is 0.0315. The van der Waals surface area contributed by atoms with Gasteiger partial charge in [-0.25, -0.2) is 0 Å². The number of carbonyl (C=O) groups excluding carboxylic acids is 3. The zero-order chi connectivity index (χ0) is 23.6. The van der Waals surface area contributed by atoms with Gasteiger partial charge in [0.15, 0.2) is 0 Å². The molecule has 0 aromatic heterocycles. The van der Waals surface area contributed by atoms with Crippen LogP contribution < -0.4 is 16.0 Å². The molecular weight excluding hydrogens is 416 g/mol. The van der Waals surface area contributed by atoms with Crippen LogP contribution in [0.25, 0.3) is 0 Å². The van der Waals surface area contributed by atoms with Crippen LogP contribution in [0, 0.1) is 5.92 Å². The van der Waals surface area contributed by atoms with Gasteiger partial charge in [0.1, 0.15) is 0 Å². The number of carbonyl (C=O) groups is 3. The van der Waals surface area contributed by atoms with E-state index in [0.717, 1.165) is 38.8 Å². The van der Waals surface area contributed by atoms with Crippen LogP contribution in [0.3, 0.4) is 0 Å². The van der Waals surface area contributed by atoms with Gasteiger partial charge >= 0.3 is 0 Å². The Morgan fingerprint density at radius 2 is 1.64 bits per heavy atom. The lowest BCUT2D eigenvalue weighted by Gasteiger charge is -2.30. The van der Waals surface area contributed by atoms with E-state index in [4.69, 9.17) is 0 Å². The summed E-state index contributed by atoms with van der Waals surface area (Å²) in [4.78, 5) is 39.3. The number of piperidine rings is 1. The average Bonchev–Trinajstić information content (AvgIpc) is 2.83. The maximum Gasteiger partial charge on any atom is 0.253 e. The highest BCUT2D eigenvalue weighted by Crippen LogP contribution is 2.19. The number of nitrogens with zero attached hydrogens (tertiary/aromatic N) is 1. The molecule has 1 aliphatic rings. The monoisotopic (exact) mass is 450 g/mol. The van der Waals surface area contributed by atoms with Gasteiger partial charge in [-0.15, -0.1) is 0 Å². The number of hydrogen-bond donors (Lipinski definition) is 3. The standard InChI is InChI=1S/C26H34N4O3/c1-3-4-13-27-25(32)20-7-5-10-23(16-20)29-24(31)18-28-22-9-6-8-21(17-22)26(33)30-14-11-19(2)12-15-30/h5-10,16-17,19,28H,3-4,11-15,18H2,1-2H3,(H,27,32)(H,29,31). The number of likely N-dealkylation sites (tertiary alicyclic amines) is 1. The molecule has 0 radical (unpaired) electrons. The number of benzene rings is 2. The Bertz CT molecular complexity index is 968. The smallest absolute Gasteiger partial charge is 0.253 e. The van der Waals surface area contributed by atoms with Crippen molar-refractivity contribution in [3.8, 4) is 0 Å². The second-order valence-electron chi connectivity index (χ2n) is 8.65. The highest BCUT2D eigenvalue weighted by atomic mass is 16.2. The zero-order valence-corrected chi connectivity index (χ0v) is 19.5. The topological polar surface area (TPSA) is 90.5 Å². The Labute approximate surface area is 195 Å². The summed E-state index contributed by atoms with van der Waals surface area (Å²) in [6.07, 6.45) is 4.01. The Morgan fingerprint density at radius 3 is 2.36 bits per heavy atom. The summed E-state index contributed by atoms with van der Waals surface area (Å²) >= 11 is 0. The van der Waals surface area contributed by atoms with Crippen molar-refractivity contribution in [2.45, 2.75) is 39.5 Å². The number of rotatable bonds is 9. The number of unbranched alkanes of at least 4 members (excludes halogenated alkanes) is 1. The molecule has 2 aromatic carbocycles.